The number of hydrogen-bond acceptors (Lipinski definition) is 10. The number of ether oxygens (including phenoxy) is 3. The first-order chi connectivity index (χ1) is 18.4. The van der Waals surface area contributed by atoms with Crippen molar-refractivity contribution in [3.8, 4) is 28.8 Å². The summed E-state index contributed by atoms with van der Waals surface area (Å²) in [5.41, 5.74) is -1.43. The van der Waals surface area contributed by atoms with E-state index in [1.54, 1.807) is 0 Å². The first kappa shape index (κ1) is 27.1. The molecular weight excluding hydrogens is 563 g/mol. The zero-order chi connectivity index (χ0) is 28.2. The van der Waals surface area contributed by atoms with Gasteiger partial charge in [-0.05, 0) is 18.2 Å². The fraction of sp³-hybridized carbons (Fsp3) is 0.391. The van der Waals surface area contributed by atoms with E-state index in [9.17, 15) is 26.4 Å². The van der Waals surface area contributed by atoms with Crippen molar-refractivity contribution in [1.82, 2.24) is 19.3 Å². The number of hydrogen-bond donors (Lipinski definition) is 1. The van der Waals surface area contributed by atoms with Crippen LogP contribution < -0.4 is 19.5 Å². The maximum Gasteiger partial charge on any atom is 0.416 e. The highest BCUT2D eigenvalue weighted by Gasteiger charge is 2.48. The predicted molar refractivity (Wildman–Crippen MR) is 134 cm³/mol. The Bertz CT molecular complexity index is 1530. The molecule has 1 spiro atoms. The van der Waals surface area contributed by atoms with Crippen LogP contribution in [-0.2, 0) is 21.8 Å². The molecule has 1 saturated heterocycles. The maximum absolute atomic E-state index is 13.5. The molecule has 1 N–H and O–H groups in total. The third-order valence-corrected chi connectivity index (χ3v) is 8.98. The molecule has 4 heterocycles. The lowest BCUT2D eigenvalue weighted by molar-refractivity contribution is -0.137. The fourth-order valence-corrected chi connectivity index (χ4v) is 6.63. The molecule has 3 aromatic rings. The van der Waals surface area contributed by atoms with Crippen molar-refractivity contribution in [3.05, 3.63) is 40.5 Å². The molecule has 2 aliphatic heterocycles. The Balaban J connectivity index is 1.57. The highest BCUT2D eigenvalue weighted by atomic mass is 32.2. The number of alkyl halides is 3. The topological polar surface area (TPSA) is 133 Å². The van der Waals surface area contributed by atoms with Crippen molar-refractivity contribution in [2.24, 2.45) is 0 Å². The van der Waals surface area contributed by atoms with Gasteiger partial charge in [0.15, 0.2) is 10.7 Å². The summed E-state index contributed by atoms with van der Waals surface area (Å²) in [7, 11) is -0.815. The van der Waals surface area contributed by atoms with Gasteiger partial charge in [0, 0.05) is 31.5 Å². The van der Waals surface area contributed by atoms with Gasteiger partial charge in [-0.3, -0.25) is 10.1 Å². The summed E-state index contributed by atoms with van der Waals surface area (Å²) in [4.78, 5) is 26.2. The Morgan fingerprint density at radius 2 is 1.79 bits per heavy atom. The maximum atomic E-state index is 13.5. The van der Waals surface area contributed by atoms with Gasteiger partial charge in [0.2, 0.25) is 21.8 Å². The number of halogens is 3. The number of sulfonamides is 1. The van der Waals surface area contributed by atoms with Crippen LogP contribution in [-0.4, -0.2) is 67.1 Å². The second-order valence-corrected chi connectivity index (χ2v) is 11.9. The van der Waals surface area contributed by atoms with Crippen LogP contribution in [0.1, 0.15) is 33.6 Å². The molecule has 1 aromatic carbocycles. The van der Waals surface area contributed by atoms with E-state index < -0.39 is 33.3 Å². The molecule has 5 rings (SSSR count). The molecule has 16 heteroatoms. The van der Waals surface area contributed by atoms with Gasteiger partial charge < -0.3 is 14.2 Å². The Morgan fingerprint density at radius 1 is 1.15 bits per heavy atom. The van der Waals surface area contributed by atoms with Crippen LogP contribution in [0, 0.1) is 0 Å². The van der Waals surface area contributed by atoms with E-state index in [1.807, 2.05) is 0 Å². The molecule has 39 heavy (non-hydrogen) atoms. The number of rotatable bonds is 5. The lowest BCUT2D eigenvalue weighted by Crippen LogP contribution is -2.48. The summed E-state index contributed by atoms with van der Waals surface area (Å²) in [5.74, 6) is -0.754. The van der Waals surface area contributed by atoms with E-state index >= 15 is 0 Å². The van der Waals surface area contributed by atoms with Gasteiger partial charge in [0.1, 0.15) is 17.7 Å². The van der Waals surface area contributed by atoms with Crippen LogP contribution in [0.25, 0.3) is 11.3 Å². The van der Waals surface area contributed by atoms with E-state index in [-0.39, 0.29) is 54.1 Å². The second kappa shape index (κ2) is 9.60. The van der Waals surface area contributed by atoms with Crippen molar-refractivity contribution in [1.29, 1.82) is 0 Å². The van der Waals surface area contributed by atoms with Crippen LogP contribution in [0.15, 0.2) is 24.5 Å². The number of fused-ring (bicyclic) bond motifs is 4. The largest absolute Gasteiger partial charge is 0.481 e. The lowest BCUT2D eigenvalue weighted by Gasteiger charge is -2.43. The molecular formula is C23H22F3N5O6S2. The predicted octanol–water partition coefficient (Wildman–Crippen LogP) is 3.53. The Labute approximate surface area is 225 Å². The average molecular weight is 586 g/mol. The minimum atomic E-state index is -4.59. The number of thiazole rings is 1. The number of carbonyl (C=O) groups is 1. The number of amides is 1. The number of methoxy groups -OCH3 is 2. The fourth-order valence-electron chi connectivity index (χ4n) is 4.63. The molecule has 208 valence electrons. The summed E-state index contributed by atoms with van der Waals surface area (Å²) in [6.07, 6.45) is -1.98. The average Bonchev–Trinajstić information content (AvgIpc) is 3.32. The molecule has 0 atom stereocenters. The van der Waals surface area contributed by atoms with E-state index in [1.165, 1.54) is 30.9 Å². The lowest BCUT2D eigenvalue weighted by atomic mass is 9.85. The molecule has 0 bridgehead atoms. The number of nitrogens with zero attached hydrogens (tertiary/aromatic N) is 4. The van der Waals surface area contributed by atoms with Gasteiger partial charge in [-0.2, -0.15) is 13.2 Å². The van der Waals surface area contributed by atoms with Gasteiger partial charge >= 0.3 is 6.18 Å². The van der Waals surface area contributed by atoms with Crippen molar-refractivity contribution in [3.63, 3.8) is 0 Å². The van der Waals surface area contributed by atoms with Crippen LogP contribution in [0.2, 0.25) is 0 Å². The molecule has 0 unspecified atom stereocenters. The molecule has 1 amide bonds. The Hall–Kier alpha value is -3.50. The number of carbonyl (C=O) groups excluding carboxylic acids is 1. The standard InChI is InChI=1S/C23H22F3N5O6S2/c1-35-19-15(20(36-2)28-11-27-19)18(32)30-21-29-16-13-5-4-12(23(24,25)26)10-14(13)37-22(17(16)38-21)6-8-31(9-7-22)39(3,33)34/h4-5,10-11H,6-9H2,1-3H3,(H,29,30,32). The summed E-state index contributed by atoms with van der Waals surface area (Å²) in [6.45, 7) is 0.198. The zero-order valence-electron chi connectivity index (χ0n) is 20.8. The molecule has 2 aliphatic rings. The minimum absolute atomic E-state index is 0.0203. The summed E-state index contributed by atoms with van der Waals surface area (Å²) < 4.78 is 82.5. The molecule has 0 radical (unpaired) electrons. The normalized spacial score (nSPS) is 16.7. The van der Waals surface area contributed by atoms with Gasteiger partial charge in [0.05, 0.1) is 36.6 Å². The Morgan fingerprint density at radius 3 is 2.36 bits per heavy atom. The van der Waals surface area contributed by atoms with Crippen LogP contribution in [0.5, 0.6) is 17.5 Å². The van der Waals surface area contributed by atoms with Crippen LogP contribution in [0.3, 0.4) is 0 Å². The first-order valence-electron chi connectivity index (χ1n) is 11.5. The summed E-state index contributed by atoms with van der Waals surface area (Å²) in [5, 5.41) is 2.81. The monoisotopic (exact) mass is 585 g/mol. The first-order valence-corrected chi connectivity index (χ1v) is 14.1. The number of aromatic nitrogens is 3. The molecule has 2 aromatic heterocycles. The number of nitrogens with one attached hydrogen (secondary N) is 1. The van der Waals surface area contributed by atoms with Crippen molar-refractivity contribution >= 4 is 32.4 Å². The second-order valence-electron chi connectivity index (χ2n) is 8.89. The third-order valence-electron chi connectivity index (χ3n) is 6.52. The quantitative estimate of drug-likeness (QED) is 0.478. The highest BCUT2D eigenvalue weighted by Crippen LogP contribution is 2.53. The van der Waals surface area contributed by atoms with E-state index in [4.69, 9.17) is 14.2 Å². The number of piperidine rings is 1. The van der Waals surface area contributed by atoms with Gasteiger partial charge in [-0.25, -0.2) is 27.7 Å². The smallest absolute Gasteiger partial charge is 0.416 e. The molecule has 0 saturated carbocycles. The zero-order valence-corrected chi connectivity index (χ0v) is 22.5. The Kier molecular flexibility index (Phi) is 6.67. The highest BCUT2D eigenvalue weighted by molar-refractivity contribution is 7.88. The molecule has 11 nitrogen and oxygen atoms in total. The SMILES string of the molecule is COc1ncnc(OC)c1C(=O)Nc1nc2c(s1)C1(CCN(S(C)(=O)=O)CC1)Oc1cc(C(F)(F)F)ccc1-2. The van der Waals surface area contributed by atoms with Crippen molar-refractivity contribution in [2.45, 2.75) is 24.6 Å². The number of anilines is 1. The van der Waals surface area contributed by atoms with E-state index in [0.29, 0.717) is 16.1 Å². The minimum Gasteiger partial charge on any atom is -0.481 e. The molecule has 0 aliphatic carbocycles. The van der Waals surface area contributed by atoms with Crippen molar-refractivity contribution in [2.75, 3.05) is 38.9 Å². The van der Waals surface area contributed by atoms with Crippen LogP contribution in [0.4, 0.5) is 18.3 Å². The van der Waals surface area contributed by atoms with E-state index in [0.717, 1.165) is 29.7 Å². The summed E-state index contributed by atoms with van der Waals surface area (Å²) in [6, 6.07) is 3.13. The third kappa shape index (κ3) is 4.87. The van der Waals surface area contributed by atoms with Gasteiger partial charge in [0.25, 0.3) is 5.91 Å². The van der Waals surface area contributed by atoms with Crippen LogP contribution >= 0.6 is 11.3 Å². The molecule has 1 fully saturated rings. The van der Waals surface area contributed by atoms with E-state index in [2.05, 4.69) is 20.3 Å². The van der Waals surface area contributed by atoms with Gasteiger partial charge in [-0.1, -0.05) is 11.3 Å². The van der Waals surface area contributed by atoms with Gasteiger partial charge in [-0.15, -0.1) is 0 Å². The van der Waals surface area contributed by atoms with Crippen molar-refractivity contribution < 1.29 is 40.6 Å². The summed E-state index contributed by atoms with van der Waals surface area (Å²) >= 11 is 1.09. The number of benzene rings is 1.